The third-order valence-electron chi connectivity index (χ3n) is 7.03. The second-order valence-electron chi connectivity index (χ2n) is 10.3. The Morgan fingerprint density at radius 2 is 1.82 bits per heavy atom. The van der Waals surface area contributed by atoms with Crippen LogP contribution in [0.1, 0.15) is 74.3 Å². The fraction of sp³-hybridized carbons (Fsp3) is 0.393. The molecule has 10 heteroatoms. The Kier molecular flexibility index (Phi) is 7.54. The van der Waals surface area contributed by atoms with Gasteiger partial charge in [-0.15, -0.1) is 0 Å². The first-order chi connectivity index (χ1) is 18.2. The fourth-order valence-corrected chi connectivity index (χ4v) is 7.06. The van der Waals surface area contributed by atoms with Crippen LogP contribution in [0.5, 0.6) is 5.75 Å². The largest absolute Gasteiger partial charge is 0.507 e. The number of sulfonamides is 1. The van der Waals surface area contributed by atoms with E-state index in [1.165, 1.54) is 6.07 Å². The number of aromatic nitrogens is 2. The molecule has 2 heterocycles. The highest BCUT2D eigenvalue weighted by molar-refractivity contribution is 7.93. The second kappa shape index (κ2) is 10.9. The molecule has 0 spiro atoms. The summed E-state index contributed by atoms with van der Waals surface area (Å²) in [5, 5.41) is 11.4. The molecule has 1 aliphatic carbocycles. The molecule has 5 rings (SSSR count). The predicted octanol–water partition coefficient (Wildman–Crippen LogP) is 5.99. The van der Waals surface area contributed by atoms with Crippen molar-refractivity contribution in [2.45, 2.75) is 69.6 Å². The molecule has 38 heavy (non-hydrogen) atoms. The van der Waals surface area contributed by atoms with Gasteiger partial charge in [-0.05, 0) is 61.4 Å². The molecule has 1 aliphatic rings. The summed E-state index contributed by atoms with van der Waals surface area (Å²) in [6, 6.07) is 11.8. The van der Waals surface area contributed by atoms with Crippen LogP contribution in [0.25, 0.3) is 11.0 Å². The van der Waals surface area contributed by atoms with E-state index < -0.39 is 21.6 Å². The Bertz CT molecular complexity index is 1630. The number of nitrogens with zero attached hydrogens (tertiary/aromatic N) is 2. The molecule has 4 aromatic rings. The Labute approximate surface area is 226 Å². The van der Waals surface area contributed by atoms with Crippen molar-refractivity contribution >= 4 is 38.5 Å². The van der Waals surface area contributed by atoms with Gasteiger partial charge in [0.15, 0.2) is 0 Å². The zero-order valence-electron chi connectivity index (χ0n) is 21.4. The zero-order valence-corrected chi connectivity index (χ0v) is 23.1. The van der Waals surface area contributed by atoms with E-state index in [0.29, 0.717) is 41.7 Å². The summed E-state index contributed by atoms with van der Waals surface area (Å²) in [5.74, 6) is 0.359. The molecule has 1 atom stereocenters. The molecule has 0 saturated carbocycles. The third-order valence-corrected chi connectivity index (χ3v) is 8.98. The number of anilines is 1. The average Bonchev–Trinajstić information content (AvgIpc) is 3.33. The van der Waals surface area contributed by atoms with Crippen molar-refractivity contribution in [1.29, 1.82) is 0 Å². The number of hydrogen-bond donors (Lipinski definition) is 2. The van der Waals surface area contributed by atoms with Gasteiger partial charge in [-0.25, -0.2) is 13.2 Å². The van der Waals surface area contributed by atoms with Crippen molar-refractivity contribution in [3.05, 3.63) is 75.3 Å². The van der Waals surface area contributed by atoms with Gasteiger partial charge in [0.05, 0.1) is 17.3 Å². The van der Waals surface area contributed by atoms with Crippen LogP contribution in [0.15, 0.2) is 56.6 Å². The van der Waals surface area contributed by atoms with E-state index in [-0.39, 0.29) is 22.1 Å². The molecule has 0 aliphatic heterocycles. The number of benzene rings is 2. The molecule has 200 valence electrons. The van der Waals surface area contributed by atoms with E-state index in [1.807, 2.05) is 19.9 Å². The first-order valence-electron chi connectivity index (χ1n) is 13.0. The van der Waals surface area contributed by atoms with Crippen LogP contribution in [-0.2, 0) is 22.9 Å². The van der Waals surface area contributed by atoms with Gasteiger partial charge in [-0.1, -0.05) is 44.9 Å². The van der Waals surface area contributed by atoms with Crippen LogP contribution >= 0.6 is 11.7 Å². The quantitative estimate of drug-likeness (QED) is 0.288. The van der Waals surface area contributed by atoms with Crippen LogP contribution in [0.3, 0.4) is 0 Å². The van der Waals surface area contributed by atoms with E-state index in [9.17, 15) is 18.3 Å². The molecule has 0 amide bonds. The molecule has 2 aromatic carbocycles. The number of aryl methyl sites for hydroxylation is 1. The Hall–Kier alpha value is -3.24. The van der Waals surface area contributed by atoms with Gasteiger partial charge in [-0.2, -0.15) is 8.75 Å². The minimum absolute atomic E-state index is 0.0255. The summed E-state index contributed by atoms with van der Waals surface area (Å²) >= 11 is 0.959. The summed E-state index contributed by atoms with van der Waals surface area (Å²) in [7, 11) is -3.95. The number of rotatable bonds is 7. The summed E-state index contributed by atoms with van der Waals surface area (Å²) in [5.41, 5.74) is 2.37. The lowest BCUT2D eigenvalue weighted by molar-refractivity contribution is 0.379. The van der Waals surface area contributed by atoms with Gasteiger partial charge in [-0.3, -0.25) is 4.72 Å². The van der Waals surface area contributed by atoms with Crippen LogP contribution in [0.2, 0.25) is 0 Å². The predicted molar refractivity (Wildman–Crippen MR) is 148 cm³/mol. The Balaban J connectivity index is 1.54. The van der Waals surface area contributed by atoms with E-state index in [0.717, 1.165) is 48.5 Å². The lowest BCUT2D eigenvalue weighted by Gasteiger charge is -2.23. The first kappa shape index (κ1) is 26.4. The van der Waals surface area contributed by atoms with Crippen LogP contribution in [0, 0.1) is 5.92 Å². The number of nitrogens with one attached hydrogen (secondary N) is 1. The maximum absolute atomic E-state index is 13.3. The molecular weight excluding hydrogens is 522 g/mol. The third kappa shape index (κ3) is 5.33. The van der Waals surface area contributed by atoms with Crippen molar-refractivity contribution in [2.75, 3.05) is 4.72 Å². The molecule has 0 saturated heterocycles. The van der Waals surface area contributed by atoms with Crippen molar-refractivity contribution in [1.82, 2.24) is 8.75 Å². The van der Waals surface area contributed by atoms with Gasteiger partial charge in [0.25, 0.3) is 10.0 Å². The Morgan fingerprint density at radius 1 is 1.05 bits per heavy atom. The minimum atomic E-state index is -3.95. The smallest absolute Gasteiger partial charge is 0.343 e. The topological polar surface area (TPSA) is 122 Å². The SMILES string of the molecule is CC(C)CC(c1cccc(NS(=O)(=O)c2cccc3nsnc23)c1)c1c(O)c2c(oc1=O)CCCCCC2. The van der Waals surface area contributed by atoms with Crippen molar-refractivity contribution < 1.29 is 17.9 Å². The van der Waals surface area contributed by atoms with Crippen molar-refractivity contribution in [2.24, 2.45) is 5.92 Å². The summed E-state index contributed by atoms with van der Waals surface area (Å²) in [6.45, 7) is 4.10. The highest BCUT2D eigenvalue weighted by Gasteiger charge is 2.28. The molecule has 2 aromatic heterocycles. The van der Waals surface area contributed by atoms with E-state index >= 15 is 0 Å². The second-order valence-corrected chi connectivity index (χ2v) is 12.4. The van der Waals surface area contributed by atoms with Crippen LogP contribution in [0.4, 0.5) is 5.69 Å². The van der Waals surface area contributed by atoms with E-state index in [1.54, 1.807) is 30.3 Å². The maximum Gasteiger partial charge on any atom is 0.343 e. The molecule has 2 N–H and O–H groups in total. The van der Waals surface area contributed by atoms with Crippen LogP contribution < -0.4 is 10.3 Å². The number of hydrogen-bond acceptors (Lipinski definition) is 8. The molecule has 0 bridgehead atoms. The lowest BCUT2D eigenvalue weighted by atomic mass is 9.83. The molecule has 0 radical (unpaired) electrons. The number of fused-ring (bicyclic) bond motifs is 2. The normalized spacial score (nSPS) is 15.1. The molecule has 8 nitrogen and oxygen atoms in total. The Morgan fingerprint density at radius 3 is 2.61 bits per heavy atom. The highest BCUT2D eigenvalue weighted by atomic mass is 32.2. The summed E-state index contributed by atoms with van der Waals surface area (Å²) < 4.78 is 43.3. The molecule has 1 unspecified atom stereocenters. The maximum atomic E-state index is 13.3. The minimum Gasteiger partial charge on any atom is -0.507 e. The van der Waals surface area contributed by atoms with Gasteiger partial charge in [0.2, 0.25) is 0 Å². The molecular formula is C28H31N3O5S2. The van der Waals surface area contributed by atoms with Crippen molar-refractivity contribution in [3.63, 3.8) is 0 Å². The summed E-state index contributed by atoms with van der Waals surface area (Å²) in [6.07, 6.45) is 5.91. The van der Waals surface area contributed by atoms with E-state index in [2.05, 4.69) is 13.5 Å². The zero-order chi connectivity index (χ0) is 26.9. The monoisotopic (exact) mass is 553 g/mol. The van der Waals surface area contributed by atoms with Gasteiger partial charge >= 0.3 is 5.63 Å². The first-order valence-corrected chi connectivity index (χ1v) is 15.2. The van der Waals surface area contributed by atoms with Crippen molar-refractivity contribution in [3.8, 4) is 5.75 Å². The summed E-state index contributed by atoms with van der Waals surface area (Å²) in [4.78, 5) is 13.3. The molecule has 0 fully saturated rings. The number of aromatic hydroxyl groups is 1. The lowest BCUT2D eigenvalue weighted by Crippen LogP contribution is -2.19. The average molecular weight is 554 g/mol. The van der Waals surface area contributed by atoms with Crippen LogP contribution in [-0.4, -0.2) is 22.3 Å². The van der Waals surface area contributed by atoms with Gasteiger partial charge < -0.3 is 9.52 Å². The van der Waals surface area contributed by atoms with Gasteiger partial charge in [0.1, 0.15) is 27.4 Å². The highest BCUT2D eigenvalue weighted by Crippen LogP contribution is 2.39. The fourth-order valence-electron chi connectivity index (χ4n) is 5.25. The van der Waals surface area contributed by atoms with E-state index in [4.69, 9.17) is 4.42 Å². The van der Waals surface area contributed by atoms with Gasteiger partial charge in [0, 0.05) is 23.6 Å². The standard InChI is InChI=1S/C28H31N3O5S2/c1-17(2)15-21(25-27(32)20-11-5-3-4-6-13-23(20)36-28(25)33)18-9-7-10-19(16-18)31-38(34,35)24-14-8-12-22-26(24)30-37-29-22/h7-10,12,14,16-17,21,31-32H,3-6,11,13,15H2,1-2H3.